The summed E-state index contributed by atoms with van der Waals surface area (Å²) in [6.07, 6.45) is 0. The number of aromatic nitrogens is 2. The molecule has 0 saturated heterocycles. The number of fused-ring (bicyclic) bond motifs is 1. The zero-order valence-corrected chi connectivity index (χ0v) is 16.7. The van der Waals surface area contributed by atoms with Gasteiger partial charge in [-0.1, -0.05) is 18.2 Å². The van der Waals surface area contributed by atoms with Crippen molar-refractivity contribution in [2.24, 2.45) is 0 Å². The Morgan fingerprint density at radius 3 is 2.33 bits per heavy atom. The van der Waals surface area contributed by atoms with E-state index in [4.69, 9.17) is 0 Å². The molecule has 4 rings (SSSR count). The SMILES string of the molecule is Cc1ccccc1NC(=O)c1ccc(NS(=O)(=O)c2ccc3[nH]c(=O)[nH]c3c2)cc1. The van der Waals surface area contributed by atoms with Crippen molar-refractivity contribution in [3.05, 3.63) is 88.3 Å². The van der Waals surface area contributed by atoms with Gasteiger partial charge in [0.2, 0.25) is 0 Å². The van der Waals surface area contributed by atoms with Crippen LogP contribution < -0.4 is 15.7 Å². The minimum absolute atomic E-state index is 0.00613. The molecule has 0 aliphatic heterocycles. The Labute approximate surface area is 172 Å². The van der Waals surface area contributed by atoms with Gasteiger partial charge < -0.3 is 15.3 Å². The van der Waals surface area contributed by atoms with Gasteiger partial charge >= 0.3 is 5.69 Å². The van der Waals surface area contributed by atoms with E-state index >= 15 is 0 Å². The first-order chi connectivity index (χ1) is 14.3. The Morgan fingerprint density at radius 2 is 1.60 bits per heavy atom. The Balaban J connectivity index is 1.51. The number of sulfonamides is 1. The highest BCUT2D eigenvalue weighted by Crippen LogP contribution is 2.20. The third kappa shape index (κ3) is 3.96. The summed E-state index contributed by atoms with van der Waals surface area (Å²) in [5.74, 6) is -0.291. The van der Waals surface area contributed by atoms with Crippen LogP contribution in [0.15, 0.2) is 76.4 Å². The van der Waals surface area contributed by atoms with Crippen LogP contribution >= 0.6 is 0 Å². The maximum Gasteiger partial charge on any atom is 0.323 e. The van der Waals surface area contributed by atoms with E-state index in [1.807, 2.05) is 31.2 Å². The summed E-state index contributed by atoms with van der Waals surface area (Å²) in [7, 11) is -3.87. The molecule has 0 radical (unpaired) electrons. The average molecular weight is 422 g/mol. The molecule has 0 aliphatic carbocycles. The van der Waals surface area contributed by atoms with Crippen molar-refractivity contribution in [2.45, 2.75) is 11.8 Å². The summed E-state index contributed by atoms with van der Waals surface area (Å²) in [6, 6.07) is 17.8. The number of carbonyl (C=O) groups excluding carboxylic acids is 1. The minimum Gasteiger partial charge on any atom is -0.322 e. The van der Waals surface area contributed by atoms with Crippen molar-refractivity contribution >= 4 is 38.3 Å². The summed E-state index contributed by atoms with van der Waals surface area (Å²) in [6.45, 7) is 1.90. The molecule has 152 valence electrons. The number of rotatable bonds is 5. The van der Waals surface area contributed by atoms with E-state index in [1.54, 1.807) is 0 Å². The van der Waals surface area contributed by atoms with E-state index in [2.05, 4.69) is 20.0 Å². The highest BCUT2D eigenvalue weighted by Gasteiger charge is 2.16. The van der Waals surface area contributed by atoms with Crippen LogP contribution in [0.1, 0.15) is 15.9 Å². The van der Waals surface area contributed by atoms with Crippen molar-refractivity contribution in [1.82, 2.24) is 9.97 Å². The quantitative estimate of drug-likeness (QED) is 0.394. The van der Waals surface area contributed by atoms with Gasteiger partial charge in [-0.2, -0.15) is 0 Å². The molecular weight excluding hydrogens is 404 g/mol. The van der Waals surface area contributed by atoms with E-state index in [9.17, 15) is 18.0 Å². The molecule has 0 atom stereocenters. The lowest BCUT2D eigenvalue weighted by molar-refractivity contribution is 0.102. The summed E-state index contributed by atoms with van der Waals surface area (Å²) < 4.78 is 27.8. The van der Waals surface area contributed by atoms with Gasteiger partial charge in [-0.15, -0.1) is 0 Å². The van der Waals surface area contributed by atoms with Crippen molar-refractivity contribution in [3.63, 3.8) is 0 Å². The first-order valence-electron chi connectivity index (χ1n) is 9.04. The zero-order valence-electron chi connectivity index (χ0n) is 15.9. The standard InChI is InChI=1S/C21H18N4O4S/c1-13-4-2-3-5-17(13)22-20(26)14-6-8-15(9-7-14)25-30(28,29)16-10-11-18-19(12-16)24-21(27)23-18/h2-12,25H,1H3,(H,22,26)(H2,23,24,27). The molecule has 4 aromatic rings. The number of benzene rings is 3. The third-order valence-corrected chi connectivity index (χ3v) is 5.97. The number of H-pyrrole nitrogens is 2. The molecule has 9 heteroatoms. The lowest BCUT2D eigenvalue weighted by Gasteiger charge is -2.10. The number of hydrogen-bond donors (Lipinski definition) is 4. The third-order valence-electron chi connectivity index (χ3n) is 4.59. The van der Waals surface area contributed by atoms with Gasteiger partial charge in [0.05, 0.1) is 15.9 Å². The maximum atomic E-state index is 12.7. The van der Waals surface area contributed by atoms with Crippen LogP contribution in [0.2, 0.25) is 0 Å². The van der Waals surface area contributed by atoms with Crippen LogP contribution in [0.5, 0.6) is 0 Å². The van der Waals surface area contributed by atoms with Crippen LogP contribution in [-0.2, 0) is 10.0 Å². The molecule has 0 unspecified atom stereocenters. The van der Waals surface area contributed by atoms with Gasteiger partial charge in [0, 0.05) is 16.9 Å². The van der Waals surface area contributed by atoms with Gasteiger partial charge in [0.25, 0.3) is 15.9 Å². The fraction of sp³-hybridized carbons (Fsp3) is 0.0476. The zero-order chi connectivity index (χ0) is 21.3. The van der Waals surface area contributed by atoms with E-state index in [0.717, 1.165) is 5.56 Å². The van der Waals surface area contributed by atoms with Gasteiger partial charge in [-0.3, -0.25) is 9.52 Å². The Bertz CT molecular complexity index is 1400. The predicted octanol–water partition coefficient (Wildman–Crippen LogP) is 3.22. The fourth-order valence-electron chi connectivity index (χ4n) is 2.99. The van der Waals surface area contributed by atoms with Crippen LogP contribution in [-0.4, -0.2) is 24.3 Å². The number of aromatic amines is 2. The summed E-state index contributed by atoms with van der Waals surface area (Å²) >= 11 is 0. The summed E-state index contributed by atoms with van der Waals surface area (Å²) in [4.78, 5) is 28.9. The van der Waals surface area contributed by atoms with Crippen molar-refractivity contribution in [1.29, 1.82) is 0 Å². The Hall–Kier alpha value is -3.85. The lowest BCUT2D eigenvalue weighted by atomic mass is 10.1. The smallest absolute Gasteiger partial charge is 0.322 e. The number of nitrogens with one attached hydrogen (secondary N) is 4. The maximum absolute atomic E-state index is 12.7. The van der Waals surface area contributed by atoms with Crippen LogP contribution in [0.3, 0.4) is 0 Å². The lowest BCUT2D eigenvalue weighted by Crippen LogP contribution is -2.14. The molecule has 0 saturated carbocycles. The summed E-state index contributed by atoms with van der Waals surface area (Å²) in [5, 5.41) is 2.83. The molecule has 3 aromatic carbocycles. The topological polar surface area (TPSA) is 124 Å². The number of amides is 1. The number of carbonyl (C=O) groups is 1. The molecule has 1 aromatic heterocycles. The Kier molecular flexibility index (Phi) is 4.88. The van der Waals surface area contributed by atoms with E-state index in [-0.39, 0.29) is 10.8 Å². The average Bonchev–Trinajstić information content (AvgIpc) is 3.09. The second-order valence-electron chi connectivity index (χ2n) is 6.74. The van der Waals surface area contributed by atoms with Crippen LogP contribution in [0.4, 0.5) is 11.4 Å². The van der Waals surface area contributed by atoms with Crippen LogP contribution in [0.25, 0.3) is 11.0 Å². The first-order valence-corrected chi connectivity index (χ1v) is 10.5. The fourth-order valence-corrected chi connectivity index (χ4v) is 4.07. The second-order valence-corrected chi connectivity index (χ2v) is 8.42. The molecule has 0 aliphatic rings. The van der Waals surface area contributed by atoms with Gasteiger partial charge in [0.1, 0.15) is 0 Å². The normalized spacial score (nSPS) is 11.4. The highest BCUT2D eigenvalue weighted by atomic mass is 32.2. The first kappa shape index (κ1) is 19.5. The number of anilines is 2. The minimum atomic E-state index is -3.87. The molecule has 0 bridgehead atoms. The van der Waals surface area contributed by atoms with Crippen molar-refractivity contribution in [3.8, 4) is 0 Å². The van der Waals surface area contributed by atoms with Gasteiger partial charge in [-0.05, 0) is 61.0 Å². The molecule has 0 spiro atoms. The number of aryl methyl sites for hydroxylation is 1. The van der Waals surface area contributed by atoms with E-state index in [1.165, 1.54) is 42.5 Å². The molecule has 1 heterocycles. The molecule has 30 heavy (non-hydrogen) atoms. The molecular formula is C21H18N4O4S. The molecule has 4 N–H and O–H groups in total. The molecule has 0 fully saturated rings. The van der Waals surface area contributed by atoms with Crippen LogP contribution in [0, 0.1) is 6.92 Å². The molecule has 1 amide bonds. The van der Waals surface area contributed by atoms with Crippen molar-refractivity contribution < 1.29 is 13.2 Å². The van der Waals surface area contributed by atoms with Crippen molar-refractivity contribution in [2.75, 3.05) is 10.0 Å². The second kappa shape index (κ2) is 7.53. The number of hydrogen-bond acceptors (Lipinski definition) is 4. The number of imidazole rings is 1. The van der Waals surface area contributed by atoms with E-state index < -0.39 is 15.7 Å². The van der Waals surface area contributed by atoms with Gasteiger partial charge in [-0.25, -0.2) is 13.2 Å². The highest BCUT2D eigenvalue weighted by molar-refractivity contribution is 7.92. The van der Waals surface area contributed by atoms with E-state index in [0.29, 0.717) is 28.0 Å². The summed E-state index contributed by atoms with van der Waals surface area (Å²) in [5.41, 5.74) is 2.86. The largest absolute Gasteiger partial charge is 0.323 e. The van der Waals surface area contributed by atoms with Gasteiger partial charge in [0.15, 0.2) is 0 Å². The number of para-hydroxylation sites is 1. The molecule has 8 nitrogen and oxygen atoms in total. The monoisotopic (exact) mass is 422 g/mol. The Morgan fingerprint density at radius 1 is 0.900 bits per heavy atom. The predicted molar refractivity (Wildman–Crippen MR) is 115 cm³/mol.